The van der Waals surface area contributed by atoms with Crippen LogP contribution in [0.4, 0.5) is 5.69 Å². The van der Waals surface area contributed by atoms with Crippen molar-refractivity contribution in [2.75, 3.05) is 5.73 Å². The molecular formula is C16H15NO10S3. The Bertz CT molecular complexity index is 1430. The lowest BCUT2D eigenvalue weighted by Crippen LogP contribution is -2.02. The standard InChI is InChI=1S/C10H8O7S2.C6H7NO3S/c11-9-5-6(18(12,13)14)4-8-7(9)2-1-3-10(8)19(15,16)17;7-5-2-1-3-6(4-5)11(8,9)10/h1-5,11H,(H,12,13,14)(H,15,16,17);1-4H,7H2,(H,8,9,10). The molecule has 0 saturated carbocycles. The van der Waals surface area contributed by atoms with Gasteiger partial charge in [-0.05, 0) is 30.3 Å². The predicted octanol–water partition coefficient (Wildman–Crippen LogP) is 1.55. The maximum Gasteiger partial charge on any atom is 0.295 e. The smallest absolute Gasteiger partial charge is 0.295 e. The molecule has 6 N–H and O–H groups in total. The molecule has 0 unspecified atom stereocenters. The van der Waals surface area contributed by atoms with Gasteiger partial charge in [0.15, 0.2) is 0 Å². The first-order valence-corrected chi connectivity index (χ1v) is 12.0. The molecule has 0 spiro atoms. The first kappa shape index (κ1) is 23.5. The molecule has 3 aromatic rings. The van der Waals surface area contributed by atoms with Crippen LogP contribution in [0.2, 0.25) is 0 Å². The molecule has 0 bridgehead atoms. The third kappa shape index (κ3) is 5.65. The van der Waals surface area contributed by atoms with Gasteiger partial charge in [-0.3, -0.25) is 13.7 Å². The van der Waals surface area contributed by atoms with Crippen LogP contribution in [0.5, 0.6) is 5.75 Å². The highest BCUT2D eigenvalue weighted by atomic mass is 32.2. The van der Waals surface area contributed by atoms with Gasteiger partial charge in [-0.15, -0.1) is 0 Å². The molecule has 0 aliphatic carbocycles. The van der Waals surface area contributed by atoms with Crippen molar-refractivity contribution in [3.63, 3.8) is 0 Å². The Labute approximate surface area is 171 Å². The summed E-state index contributed by atoms with van der Waals surface area (Å²) in [5.74, 6) is -0.532. The Kier molecular flexibility index (Phi) is 6.41. The maximum atomic E-state index is 11.2. The zero-order valence-electron chi connectivity index (χ0n) is 14.7. The van der Waals surface area contributed by atoms with Gasteiger partial charge in [0, 0.05) is 22.5 Å². The number of nitrogen functional groups attached to an aromatic ring is 1. The second-order valence-corrected chi connectivity index (χ2v) is 10.0. The Morgan fingerprint density at radius 3 is 1.67 bits per heavy atom. The maximum absolute atomic E-state index is 11.2. The average Bonchev–Trinajstić information content (AvgIpc) is 2.59. The molecule has 0 fully saturated rings. The molecule has 11 nitrogen and oxygen atoms in total. The summed E-state index contributed by atoms with van der Waals surface area (Å²) in [5.41, 5.74) is 5.59. The van der Waals surface area contributed by atoms with E-state index in [0.717, 1.165) is 18.2 Å². The van der Waals surface area contributed by atoms with Gasteiger partial charge in [0.1, 0.15) is 10.6 Å². The van der Waals surface area contributed by atoms with E-state index in [1.54, 1.807) is 0 Å². The fourth-order valence-electron chi connectivity index (χ4n) is 2.36. The highest BCUT2D eigenvalue weighted by Gasteiger charge is 2.19. The zero-order valence-corrected chi connectivity index (χ0v) is 17.2. The van der Waals surface area contributed by atoms with Crippen LogP contribution in [-0.2, 0) is 30.4 Å². The highest BCUT2D eigenvalue weighted by molar-refractivity contribution is 7.86. The van der Waals surface area contributed by atoms with Crippen LogP contribution >= 0.6 is 0 Å². The fraction of sp³-hybridized carbons (Fsp3) is 0. The third-order valence-corrected chi connectivity index (χ3v) is 6.23. The number of fused-ring (bicyclic) bond motifs is 1. The lowest BCUT2D eigenvalue weighted by atomic mass is 10.1. The topological polar surface area (TPSA) is 209 Å². The highest BCUT2D eigenvalue weighted by Crippen LogP contribution is 2.32. The molecule has 0 aliphatic rings. The summed E-state index contributed by atoms with van der Waals surface area (Å²) in [6.07, 6.45) is 0. The van der Waals surface area contributed by atoms with Gasteiger partial charge in [0.25, 0.3) is 30.4 Å². The Balaban J connectivity index is 0.000000248. The van der Waals surface area contributed by atoms with Gasteiger partial charge >= 0.3 is 0 Å². The summed E-state index contributed by atoms with van der Waals surface area (Å²) >= 11 is 0. The minimum absolute atomic E-state index is 0.0301. The van der Waals surface area contributed by atoms with Gasteiger partial charge in [-0.1, -0.05) is 18.2 Å². The van der Waals surface area contributed by atoms with Gasteiger partial charge in [-0.2, -0.15) is 25.3 Å². The molecule has 3 aromatic carbocycles. The number of benzene rings is 3. The molecule has 0 heterocycles. The van der Waals surface area contributed by atoms with Crippen molar-refractivity contribution >= 4 is 46.8 Å². The number of anilines is 1. The summed E-state index contributed by atoms with van der Waals surface area (Å²) in [6.45, 7) is 0. The van der Waals surface area contributed by atoms with E-state index in [9.17, 15) is 30.4 Å². The van der Waals surface area contributed by atoms with Crippen molar-refractivity contribution < 1.29 is 44.0 Å². The van der Waals surface area contributed by atoms with E-state index in [-0.39, 0.29) is 15.7 Å². The Morgan fingerprint density at radius 2 is 1.20 bits per heavy atom. The van der Waals surface area contributed by atoms with Crippen LogP contribution in [0.1, 0.15) is 0 Å². The van der Waals surface area contributed by atoms with Crippen LogP contribution < -0.4 is 5.73 Å². The second-order valence-electron chi connectivity index (χ2n) is 5.79. The van der Waals surface area contributed by atoms with E-state index in [1.807, 2.05) is 0 Å². The molecule has 0 saturated heterocycles. The van der Waals surface area contributed by atoms with Crippen LogP contribution in [0.15, 0.2) is 69.3 Å². The third-order valence-electron chi connectivity index (χ3n) is 3.64. The van der Waals surface area contributed by atoms with Crippen LogP contribution in [0, 0.1) is 0 Å². The molecule has 0 atom stereocenters. The number of hydrogen-bond donors (Lipinski definition) is 5. The van der Waals surface area contributed by atoms with Gasteiger partial charge in [0.05, 0.1) is 9.79 Å². The molecule has 0 amide bonds. The first-order valence-electron chi connectivity index (χ1n) is 7.64. The number of aromatic hydroxyl groups is 1. The number of nitrogens with two attached hydrogens (primary N) is 1. The van der Waals surface area contributed by atoms with Crippen LogP contribution in [0.3, 0.4) is 0 Å². The van der Waals surface area contributed by atoms with Crippen molar-refractivity contribution in [3.05, 3.63) is 54.6 Å². The molecule has 30 heavy (non-hydrogen) atoms. The summed E-state index contributed by atoms with van der Waals surface area (Å²) < 4.78 is 91.9. The minimum Gasteiger partial charge on any atom is -0.507 e. The Morgan fingerprint density at radius 1 is 0.633 bits per heavy atom. The number of phenols is 1. The van der Waals surface area contributed by atoms with Crippen LogP contribution in [0.25, 0.3) is 10.8 Å². The Hall–Kier alpha value is -2.75. The van der Waals surface area contributed by atoms with Gasteiger partial charge < -0.3 is 10.8 Å². The number of hydrogen-bond acceptors (Lipinski definition) is 8. The molecular weight excluding hydrogens is 462 g/mol. The van der Waals surface area contributed by atoms with Gasteiger partial charge in [-0.25, -0.2) is 0 Å². The molecule has 3 rings (SSSR count). The fourth-order valence-corrected chi connectivity index (χ4v) is 4.12. The molecule has 0 aromatic heterocycles. The van der Waals surface area contributed by atoms with Crippen molar-refractivity contribution in [1.82, 2.24) is 0 Å². The SMILES string of the molecule is Nc1cccc(S(=O)(=O)O)c1.O=S(=O)(O)c1cc(O)c2cccc(S(=O)(=O)O)c2c1. The monoisotopic (exact) mass is 477 g/mol. The number of phenolic OH excluding ortho intramolecular Hbond substituents is 1. The normalized spacial score (nSPS) is 12.2. The van der Waals surface area contributed by atoms with Crippen molar-refractivity contribution in [1.29, 1.82) is 0 Å². The van der Waals surface area contributed by atoms with Crippen LogP contribution in [-0.4, -0.2) is 44.0 Å². The van der Waals surface area contributed by atoms with E-state index < -0.39 is 45.9 Å². The molecule has 14 heteroatoms. The molecule has 0 radical (unpaired) electrons. The van der Waals surface area contributed by atoms with E-state index in [1.165, 1.54) is 36.4 Å². The zero-order chi connectivity index (χ0) is 22.9. The van der Waals surface area contributed by atoms with E-state index in [4.69, 9.17) is 19.4 Å². The van der Waals surface area contributed by atoms with E-state index >= 15 is 0 Å². The van der Waals surface area contributed by atoms with E-state index in [0.29, 0.717) is 5.69 Å². The second kappa shape index (κ2) is 8.17. The quantitative estimate of drug-likeness (QED) is 0.270. The number of rotatable bonds is 3. The van der Waals surface area contributed by atoms with Crippen molar-refractivity contribution in [2.24, 2.45) is 0 Å². The lowest BCUT2D eigenvalue weighted by Gasteiger charge is -2.07. The summed E-state index contributed by atoms with van der Waals surface area (Å²) in [5, 5.41) is 9.47. The summed E-state index contributed by atoms with van der Waals surface area (Å²) in [6, 6.07) is 10.8. The lowest BCUT2D eigenvalue weighted by molar-refractivity contribution is 0.470. The predicted molar refractivity (Wildman–Crippen MR) is 106 cm³/mol. The minimum atomic E-state index is -4.62. The van der Waals surface area contributed by atoms with Gasteiger partial charge in [0.2, 0.25) is 0 Å². The first-order chi connectivity index (χ1) is 13.6. The average molecular weight is 477 g/mol. The summed E-state index contributed by atoms with van der Waals surface area (Å²) in [7, 11) is -13.3. The molecule has 162 valence electrons. The van der Waals surface area contributed by atoms with Crippen molar-refractivity contribution in [3.8, 4) is 5.75 Å². The summed E-state index contributed by atoms with van der Waals surface area (Å²) in [4.78, 5) is -1.42. The van der Waals surface area contributed by atoms with E-state index in [2.05, 4.69) is 0 Å². The largest absolute Gasteiger partial charge is 0.507 e. The van der Waals surface area contributed by atoms with Crippen molar-refractivity contribution in [2.45, 2.75) is 14.7 Å². The molecule has 0 aliphatic heterocycles.